The molecule has 8 rings (SSSR count). The number of carbonyl (C=O) groups is 3. The summed E-state index contributed by atoms with van der Waals surface area (Å²) in [5, 5.41) is 33.4. The van der Waals surface area contributed by atoms with Gasteiger partial charge in [-0.05, 0) is 34.3 Å². The Balaban J connectivity index is 0.000000239. The van der Waals surface area contributed by atoms with Crippen molar-refractivity contribution in [1.82, 2.24) is 38.2 Å². The summed E-state index contributed by atoms with van der Waals surface area (Å²) in [6, 6.07) is 4.73. The number of H-pyrrole nitrogens is 2. The van der Waals surface area contributed by atoms with E-state index in [0.717, 1.165) is 42.8 Å². The van der Waals surface area contributed by atoms with E-state index in [9.17, 15) is 70.9 Å². The van der Waals surface area contributed by atoms with E-state index in [1.165, 1.54) is 45.3 Å². The van der Waals surface area contributed by atoms with Crippen LogP contribution in [0.15, 0.2) is 98.3 Å². The van der Waals surface area contributed by atoms with Crippen LogP contribution in [0.4, 0.5) is 29.2 Å². The number of nitrogens with one attached hydrogen (secondary N) is 2. The second kappa shape index (κ2) is 34.4. The van der Waals surface area contributed by atoms with Crippen LogP contribution in [0.1, 0.15) is 87.2 Å². The molecule has 0 amide bonds. The van der Waals surface area contributed by atoms with Gasteiger partial charge in [-0.2, -0.15) is 9.97 Å². The molecule has 8 heterocycles. The maximum atomic E-state index is 14.9. The fourth-order valence-electron chi connectivity index (χ4n) is 10.2. The van der Waals surface area contributed by atoms with Crippen LogP contribution in [0.5, 0.6) is 0 Å². The summed E-state index contributed by atoms with van der Waals surface area (Å²) in [5.74, 6) is -5.41. The second-order valence-electron chi connectivity index (χ2n) is 24.0. The van der Waals surface area contributed by atoms with Crippen molar-refractivity contribution in [3.05, 3.63) is 153 Å². The third kappa shape index (κ3) is 18.5. The van der Waals surface area contributed by atoms with Crippen molar-refractivity contribution >= 4 is 29.5 Å². The standard InChI is InChI=1S/C15H21FN6O4.C15H20FN5O5.C14H19FN6O5.C11H14FN5O4/c1-8(2)13(23)25-7-15(6-19-21-18)9(3)11(16)12(26-15)22-5-4-10(17)20-14(22)24;1-8(2)13(23)25-7-15(6-18-20-17)9(3)11(16)12(26-15)21-5-4-10(22)19-14(21)24;1-7(2)12(23)25-6-14(5-18-20-17)10(22)9(15)11(26-14)21-4-3-8(16)19-13(21)24;1-6-8(12)9(17-3-2-7(19)15-10(17)20)21-11(6,5-18)4-14-16-13/h4-5,8-9,11-12H,6-7H2,1-3H3,(H2,17,20,24);4-5,8-9,11-12H,6-7H2,1-3H3,(H,19,22,24);3-4,7,9-11,22H,5-6H2,1-2H3,(H2,16,19,24);2-3,6,8-9,18H,4-5H2,1H3,(H,15,19,20)/t2*9-,11+,12+,15+;9-,10+,11-,14-;6-,8+,9+,11+/m0010/s1. The van der Waals surface area contributed by atoms with Gasteiger partial charge in [0.1, 0.15) is 60.0 Å². The minimum atomic E-state index is -2.07. The molecule has 0 aliphatic carbocycles. The number of azide groups is 4. The largest absolute Gasteiger partial charge is 0.462 e. The Kier molecular flexibility index (Phi) is 27.6. The van der Waals surface area contributed by atoms with E-state index in [4.69, 9.17) is 66.7 Å². The van der Waals surface area contributed by atoms with Crippen LogP contribution in [-0.2, 0) is 47.5 Å². The Morgan fingerprint density at radius 3 is 1.13 bits per heavy atom. The molecule has 0 aromatic carbocycles. The molecule has 16 atom stereocenters. The number of anilines is 2. The Bertz CT molecular complexity index is 3970. The quantitative estimate of drug-likeness (QED) is 0.0164. The number of halogens is 4. The van der Waals surface area contributed by atoms with Gasteiger partial charge in [0, 0.05) is 74.3 Å². The summed E-state index contributed by atoms with van der Waals surface area (Å²) in [6.45, 7) is 11.2. The molecule has 0 bridgehead atoms. The smallest absolute Gasteiger partial charge is 0.351 e. The van der Waals surface area contributed by atoms with Gasteiger partial charge in [-0.25, -0.2) is 36.7 Å². The van der Waals surface area contributed by atoms with Crippen LogP contribution >= 0.6 is 0 Å². The summed E-state index contributed by atoms with van der Waals surface area (Å²) in [4.78, 5) is 127. The number of hydrogen-bond acceptors (Lipinski definition) is 26. The van der Waals surface area contributed by atoms with Crippen molar-refractivity contribution in [3.63, 3.8) is 0 Å². The number of nitrogens with zero attached hydrogens (tertiary/aromatic N) is 18. The molecule has 99 heavy (non-hydrogen) atoms. The highest BCUT2D eigenvalue weighted by atomic mass is 19.1. The Morgan fingerprint density at radius 2 is 0.808 bits per heavy atom. The number of aliphatic hydroxyl groups is 2. The third-order valence-electron chi connectivity index (χ3n) is 16.4. The van der Waals surface area contributed by atoms with E-state index in [1.807, 2.05) is 9.97 Å². The van der Waals surface area contributed by atoms with Crippen molar-refractivity contribution in [2.75, 3.05) is 64.1 Å². The average Bonchev–Trinajstić information content (AvgIpc) is 1.66. The molecule has 0 unspecified atom stereocenters. The molecule has 0 saturated carbocycles. The minimum absolute atomic E-state index is 0.00101. The van der Waals surface area contributed by atoms with E-state index in [0.29, 0.717) is 0 Å². The number of aliphatic hydroxyl groups excluding tert-OH is 2. The molecule has 4 aliphatic heterocycles. The first kappa shape index (κ1) is 79.5. The number of hydrogen-bond donors (Lipinski definition) is 6. The second-order valence-corrected chi connectivity index (χ2v) is 24.0. The molecule has 4 fully saturated rings. The molecule has 44 heteroatoms. The first-order chi connectivity index (χ1) is 46.6. The average molecular weight is 1410 g/mol. The molecule has 0 radical (unpaired) electrons. The van der Waals surface area contributed by atoms with Crippen LogP contribution in [0.25, 0.3) is 41.8 Å². The Morgan fingerprint density at radius 1 is 0.525 bits per heavy atom. The highest BCUT2D eigenvalue weighted by Crippen LogP contribution is 2.46. The lowest BCUT2D eigenvalue weighted by Crippen LogP contribution is -2.49. The summed E-state index contributed by atoms with van der Waals surface area (Å²) in [6.07, 6.45) is -9.64. The zero-order chi connectivity index (χ0) is 74.1. The van der Waals surface area contributed by atoms with Crippen LogP contribution in [0.2, 0.25) is 0 Å². The van der Waals surface area contributed by atoms with E-state index in [2.05, 4.69) is 50.1 Å². The topological polar surface area (TPSA) is 583 Å². The van der Waals surface area contributed by atoms with Gasteiger partial charge >= 0.3 is 40.7 Å². The summed E-state index contributed by atoms with van der Waals surface area (Å²) in [5.41, 5.74) is 34.4. The monoisotopic (exact) mass is 1410 g/mol. The van der Waals surface area contributed by atoms with E-state index < -0.39 is 179 Å². The minimum Gasteiger partial charge on any atom is -0.462 e. The molecule has 8 N–H and O–H groups in total. The Labute approximate surface area is 555 Å². The Hall–Kier alpha value is -10.1. The number of ether oxygens (including phenoxy) is 7. The molecular weight excluding hydrogens is 1330 g/mol. The number of rotatable bonds is 22. The van der Waals surface area contributed by atoms with Gasteiger partial charge in [-0.1, -0.05) is 82.8 Å². The first-order valence-corrected chi connectivity index (χ1v) is 30.0. The predicted molar refractivity (Wildman–Crippen MR) is 333 cm³/mol. The lowest BCUT2D eigenvalue weighted by molar-refractivity contribution is -0.167. The number of esters is 3. The van der Waals surface area contributed by atoms with E-state index in [1.54, 1.807) is 41.5 Å². The number of nitrogen functional groups attached to an aromatic ring is 2. The van der Waals surface area contributed by atoms with Crippen molar-refractivity contribution < 1.29 is 75.3 Å². The molecule has 40 nitrogen and oxygen atoms in total. The lowest BCUT2D eigenvalue weighted by atomic mass is 9.88. The highest BCUT2D eigenvalue weighted by molar-refractivity contribution is 5.72. The number of aromatic nitrogens is 8. The van der Waals surface area contributed by atoms with Crippen molar-refractivity contribution in [2.45, 2.75) is 140 Å². The fraction of sp³-hybridized carbons (Fsp3) is 0.655. The number of nitrogens with two attached hydrogens (primary N) is 2. The fourth-order valence-corrected chi connectivity index (χ4v) is 10.2. The summed E-state index contributed by atoms with van der Waals surface area (Å²) >= 11 is 0. The molecular formula is C55H74F4N22O18. The predicted octanol–water partition coefficient (Wildman–Crippen LogP) is 3.25. The van der Waals surface area contributed by atoms with Gasteiger partial charge in [-0.15, -0.1) is 0 Å². The molecule has 540 valence electrons. The number of alkyl halides is 4. The van der Waals surface area contributed by atoms with Gasteiger partial charge in [0.2, 0.25) is 0 Å². The van der Waals surface area contributed by atoms with Gasteiger partial charge in [0.15, 0.2) is 49.6 Å². The number of aromatic amines is 2. The number of carbonyl (C=O) groups excluding carboxylic acids is 3. The van der Waals surface area contributed by atoms with Crippen LogP contribution < -0.4 is 45.3 Å². The van der Waals surface area contributed by atoms with Gasteiger partial charge in [0.05, 0.1) is 50.5 Å². The summed E-state index contributed by atoms with van der Waals surface area (Å²) in [7, 11) is 0. The van der Waals surface area contributed by atoms with Crippen molar-refractivity contribution in [2.24, 2.45) is 56.0 Å². The lowest BCUT2D eigenvalue weighted by Gasteiger charge is -2.31. The van der Waals surface area contributed by atoms with Crippen LogP contribution in [-0.4, -0.2) is 172 Å². The van der Waals surface area contributed by atoms with Crippen molar-refractivity contribution in [3.8, 4) is 0 Å². The zero-order valence-electron chi connectivity index (χ0n) is 54.6. The highest BCUT2D eigenvalue weighted by Gasteiger charge is 2.59. The van der Waals surface area contributed by atoms with Crippen molar-refractivity contribution in [1.29, 1.82) is 0 Å². The molecule has 4 aromatic heterocycles. The zero-order valence-corrected chi connectivity index (χ0v) is 54.6. The maximum absolute atomic E-state index is 14.9. The van der Waals surface area contributed by atoms with Gasteiger partial charge < -0.3 is 54.8 Å². The third-order valence-corrected chi connectivity index (χ3v) is 16.4. The molecule has 4 aromatic rings. The molecule has 0 spiro atoms. The van der Waals surface area contributed by atoms with Crippen LogP contribution in [0, 0.1) is 35.5 Å². The maximum Gasteiger partial charge on any atom is 0.351 e. The SMILES string of the molecule is CC(C)C(=O)OC[C@@]1(CN=[N+]=[N-])O[C@@H](n2ccc(=O)[nH]c2=O)[C@H](F)[C@@H]1C.CC(C)C(=O)OC[C@@]1(CN=[N+]=[N-])O[C@@H](n2ccc(N)nc2=O)[C@H](F)[C@@H]1C.CC(C)C(=O)OC[C@@]1(CN=[N+]=[N-])O[C@@H](n2ccc(N)nc2=O)[C@H](F)[C@@H]1O.C[C@H]1[C@@H](F)[C@H](n2ccc(=O)[nH]c2=O)O[C@@]1(CO)CN=[N+]=[N-]. The first-order valence-electron chi connectivity index (χ1n) is 30.0. The van der Waals surface area contributed by atoms with Gasteiger partial charge in [0.25, 0.3) is 11.1 Å². The van der Waals surface area contributed by atoms with Crippen LogP contribution in [0.3, 0.4) is 0 Å². The molecule has 4 aliphatic rings. The normalized spacial score (nSPS) is 28.8. The summed E-state index contributed by atoms with van der Waals surface area (Å²) < 4.78 is 100. The molecule has 4 saturated heterocycles. The van der Waals surface area contributed by atoms with E-state index >= 15 is 0 Å². The van der Waals surface area contributed by atoms with Gasteiger partial charge in [-0.3, -0.25) is 52.2 Å². The van der Waals surface area contributed by atoms with E-state index in [-0.39, 0.29) is 50.4 Å².